The molecule has 0 aliphatic heterocycles. The van der Waals surface area contributed by atoms with Gasteiger partial charge in [0.1, 0.15) is 10.1 Å². The van der Waals surface area contributed by atoms with E-state index in [0.29, 0.717) is 37.9 Å². The maximum Gasteiger partial charge on any atom is 0.234 e. The average Bonchev–Trinajstić information content (AvgIpc) is 3.54. The highest BCUT2D eigenvalue weighted by molar-refractivity contribution is 8.00. The second-order valence-electron chi connectivity index (χ2n) is 7.10. The first kappa shape index (κ1) is 25.0. The lowest BCUT2D eigenvalue weighted by Gasteiger charge is -2.11. The van der Waals surface area contributed by atoms with Gasteiger partial charge in [-0.2, -0.15) is 20.6 Å². The molecule has 0 spiro atoms. The quantitative estimate of drug-likeness (QED) is 0.215. The van der Waals surface area contributed by atoms with Crippen molar-refractivity contribution in [1.82, 2.24) is 30.8 Å². The van der Waals surface area contributed by atoms with Crippen LogP contribution < -0.4 is 10.6 Å². The number of carbonyl (C=O) groups excluding carboxylic acids is 2. The molecule has 0 bridgehead atoms. The minimum absolute atomic E-state index is 0.185. The third-order valence-electron chi connectivity index (χ3n) is 4.51. The van der Waals surface area contributed by atoms with Gasteiger partial charge in [0.05, 0.1) is 45.3 Å². The van der Waals surface area contributed by atoms with Crippen molar-refractivity contribution in [3.63, 3.8) is 0 Å². The summed E-state index contributed by atoms with van der Waals surface area (Å²) in [5, 5.41) is 27.9. The molecule has 0 aliphatic carbocycles. The fourth-order valence-electron chi connectivity index (χ4n) is 2.95. The molecule has 0 saturated carbocycles. The first-order chi connectivity index (χ1) is 17.0. The lowest BCUT2D eigenvalue weighted by Crippen LogP contribution is -2.14. The van der Waals surface area contributed by atoms with Crippen molar-refractivity contribution in [1.29, 1.82) is 0 Å². The molecule has 2 aromatic heterocycles. The van der Waals surface area contributed by atoms with E-state index >= 15 is 0 Å². The number of amides is 2. The highest BCUT2D eigenvalue weighted by atomic mass is 35.5. The fourth-order valence-corrected chi connectivity index (χ4v) is 4.62. The number of aromatic nitrogens is 6. The maximum absolute atomic E-state index is 12.2. The van der Waals surface area contributed by atoms with E-state index in [2.05, 4.69) is 41.5 Å². The van der Waals surface area contributed by atoms with Crippen LogP contribution in [0.1, 0.15) is 11.1 Å². The van der Waals surface area contributed by atoms with Gasteiger partial charge >= 0.3 is 0 Å². The summed E-state index contributed by atoms with van der Waals surface area (Å²) in [7, 11) is 0. The van der Waals surface area contributed by atoms with E-state index < -0.39 is 0 Å². The average molecular weight is 549 g/mol. The van der Waals surface area contributed by atoms with Crippen molar-refractivity contribution in [2.24, 2.45) is 0 Å². The van der Waals surface area contributed by atoms with Crippen LogP contribution in [0.5, 0.6) is 0 Å². The van der Waals surface area contributed by atoms with Gasteiger partial charge in [-0.05, 0) is 41.8 Å². The number of aromatic amines is 2. The fraction of sp³-hybridized carbons (Fsp3) is 0.143. The van der Waals surface area contributed by atoms with Crippen LogP contribution in [0.15, 0.2) is 58.8 Å². The van der Waals surface area contributed by atoms with Crippen molar-refractivity contribution >= 4 is 69.9 Å². The Morgan fingerprint density at radius 2 is 1.23 bits per heavy atom. The van der Waals surface area contributed by atoms with Gasteiger partial charge in [-0.1, -0.05) is 58.9 Å². The zero-order valence-electron chi connectivity index (χ0n) is 17.9. The van der Waals surface area contributed by atoms with Crippen molar-refractivity contribution in [3.05, 3.63) is 70.0 Å². The lowest BCUT2D eigenvalue weighted by atomic mass is 10.0. The molecule has 2 amide bonds. The molecule has 0 atom stereocenters. The smallest absolute Gasteiger partial charge is 0.234 e. The summed E-state index contributed by atoms with van der Waals surface area (Å²) >= 11 is 15.3. The van der Waals surface area contributed by atoms with Crippen molar-refractivity contribution < 1.29 is 9.59 Å². The Labute approximate surface area is 218 Å². The number of thioether (sulfide) groups is 2. The minimum atomic E-state index is -0.198. The summed E-state index contributed by atoms with van der Waals surface area (Å²) in [6.07, 6.45) is 3.67. The number of rotatable bonds is 10. The molecule has 0 aliphatic rings. The topological polar surface area (TPSA) is 141 Å². The van der Waals surface area contributed by atoms with Crippen LogP contribution in [0, 0.1) is 0 Å². The van der Waals surface area contributed by atoms with Gasteiger partial charge in [-0.25, -0.2) is 0 Å². The Morgan fingerprint density at radius 1 is 0.771 bits per heavy atom. The molecule has 0 radical (unpaired) electrons. The number of nitrogens with zero attached hydrogens (tertiary/aromatic N) is 4. The van der Waals surface area contributed by atoms with Gasteiger partial charge in [0, 0.05) is 0 Å². The molecule has 10 nitrogen and oxygen atoms in total. The Morgan fingerprint density at radius 3 is 1.60 bits per heavy atom. The molecule has 2 heterocycles. The standard InChI is InChI=1S/C21H18Cl2N8O2S2/c22-14-6-12(1-3-16(14)26-18(32)10-34-20-8-24-30-28-20)5-13-2-4-17(15(23)7-13)27-19(33)11-35-21-9-25-31-29-21/h1-4,6-9H,5,10-11H2,(H,26,32)(H,27,33)(H,24,28,30)(H,25,29,31). The van der Waals surface area contributed by atoms with Gasteiger partial charge in [-0.3, -0.25) is 9.59 Å². The molecule has 0 unspecified atom stereocenters. The second kappa shape index (κ2) is 12.1. The third kappa shape index (κ3) is 7.46. The SMILES string of the molecule is O=C(CSc1cn[nH]n1)Nc1ccc(Cc2ccc(NC(=O)CSc3cn[nH]n3)c(Cl)c2)cc1Cl. The van der Waals surface area contributed by atoms with Gasteiger partial charge in [-0.15, -0.1) is 10.2 Å². The number of benzene rings is 2. The molecule has 0 fully saturated rings. The first-order valence-electron chi connectivity index (χ1n) is 10.1. The van der Waals surface area contributed by atoms with Crippen molar-refractivity contribution in [3.8, 4) is 0 Å². The summed E-state index contributed by atoms with van der Waals surface area (Å²) in [5.74, 6) is -0.0245. The highest BCUT2D eigenvalue weighted by Gasteiger charge is 2.11. The number of halogens is 2. The van der Waals surface area contributed by atoms with Crippen LogP contribution in [0.4, 0.5) is 11.4 Å². The number of H-pyrrole nitrogens is 2. The number of hydrogen-bond donors (Lipinski definition) is 4. The molecular weight excluding hydrogens is 531 g/mol. The Hall–Kier alpha value is -3.06. The lowest BCUT2D eigenvalue weighted by molar-refractivity contribution is -0.114. The number of anilines is 2. The Balaban J connectivity index is 1.30. The van der Waals surface area contributed by atoms with E-state index in [4.69, 9.17) is 23.2 Å². The molecule has 14 heteroatoms. The van der Waals surface area contributed by atoms with E-state index in [1.165, 1.54) is 23.5 Å². The van der Waals surface area contributed by atoms with E-state index in [9.17, 15) is 9.59 Å². The Bertz CT molecular complexity index is 1200. The van der Waals surface area contributed by atoms with Crippen LogP contribution in [0.2, 0.25) is 10.0 Å². The number of hydrogen-bond acceptors (Lipinski definition) is 8. The molecule has 35 heavy (non-hydrogen) atoms. The first-order valence-corrected chi connectivity index (χ1v) is 12.8. The summed E-state index contributed by atoms with van der Waals surface area (Å²) in [4.78, 5) is 24.4. The van der Waals surface area contributed by atoms with Gasteiger partial charge in [0.2, 0.25) is 11.8 Å². The van der Waals surface area contributed by atoms with Crippen molar-refractivity contribution in [2.45, 2.75) is 16.5 Å². The number of carbonyl (C=O) groups is 2. The molecule has 4 rings (SSSR count). The molecular formula is C21H18Cl2N8O2S2. The summed E-state index contributed by atoms with van der Waals surface area (Å²) < 4.78 is 0. The molecule has 180 valence electrons. The Kier molecular flexibility index (Phi) is 8.64. The normalized spacial score (nSPS) is 10.8. The second-order valence-corrected chi connectivity index (χ2v) is 9.90. The van der Waals surface area contributed by atoms with E-state index in [1.807, 2.05) is 12.1 Å². The van der Waals surface area contributed by atoms with Crippen molar-refractivity contribution in [2.75, 3.05) is 22.1 Å². The highest BCUT2D eigenvalue weighted by Crippen LogP contribution is 2.28. The van der Waals surface area contributed by atoms with Gasteiger partial charge < -0.3 is 10.6 Å². The predicted molar refractivity (Wildman–Crippen MR) is 137 cm³/mol. The number of nitrogens with one attached hydrogen (secondary N) is 4. The van der Waals surface area contributed by atoms with Crippen LogP contribution >= 0.6 is 46.7 Å². The van der Waals surface area contributed by atoms with Gasteiger partial charge in [0.25, 0.3) is 0 Å². The van der Waals surface area contributed by atoms with E-state index in [-0.39, 0.29) is 23.3 Å². The van der Waals surface area contributed by atoms with Gasteiger partial charge in [0.15, 0.2) is 0 Å². The maximum atomic E-state index is 12.2. The monoisotopic (exact) mass is 548 g/mol. The molecule has 4 N–H and O–H groups in total. The zero-order chi connectivity index (χ0) is 24.6. The van der Waals surface area contributed by atoms with Crippen LogP contribution in [0.25, 0.3) is 0 Å². The van der Waals surface area contributed by atoms with E-state index in [0.717, 1.165) is 11.1 Å². The predicted octanol–water partition coefficient (Wildman–Crippen LogP) is 4.28. The minimum Gasteiger partial charge on any atom is -0.324 e. The summed E-state index contributed by atoms with van der Waals surface area (Å²) in [6, 6.07) is 10.9. The molecule has 2 aromatic carbocycles. The molecule has 4 aromatic rings. The van der Waals surface area contributed by atoms with Crippen LogP contribution in [0.3, 0.4) is 0 Å². The third-order valence-corrected chi connectivity index (χ3v) is 6.93. The largest absolute Gasteiger partial charge is 0.324 e. The zero-order valence-corrected chi connectivity index (χ0v) is 21.1. The molecule has 0 saturated heterocycles. The van der Waals surface area contributed by atoms with Crippen LogP contribution in [-0.4, -0.2) is 54.1 Å². The van der Waals surface area contributed by atoms with Crippen LogP contribution in [-0.2, 0) is 16.0 Å². The summed E-state index contributed by atoms with van der Waals surface area (Å²) in [6.45, 7) is 0. The summed E-state index contributed by atoms with van der Waals surface area (Å²) in [5.41, 5.74) is 2.95. The van der Waals surface area contributed by atoms with E-state index in [1.54, 1.807) is 36.7 Å².